The van der Waals surface area contributed by atoms with E-state index in [0.717, 1.165) is 25.7 Å². The Morgan fingerprint density at radius 3 is 2.67 bits per heavy atom. The summed E-state index contributed by atoms with van der Waals surface area (Å²) < 4.78 is 11.1. The number of carbonyl (C=O) groups is 1. The molecular weight excluding hydrogens is 230 g/mol. The molecule has 0 saturated carbocycles. The average Bonchev–Trinajstić information content (AvgIpc) is 2.67. The average molecular weight is 257 g/mol. The van der Waals surface area contributed by atoms with E-state index in [9.17, 15) is 4.79 Å². The summed E-state index contributed by atoms with van der Waals surface area (Å²) >= 11 is 0. The molecule has 1 heterocycles. The molecule has 1 fully saturated rings. The Kier molecular flexibility index (Phi) is 6.09. The number of ether oxygens (including phenoxy) is 2. The molecule has 0 aromatic rings. The number of hydrogen-bond acceptors (Lipinski definition) is 3. The molecule has 0 aromatic carbocycles. The lowest BCUT2D eigenvalue weighted by Crippen LogP contribution is -2.37. The third kappa shape index (κ3) is 4.94. The molecule has 2 atom stereocenters. The van der Waals surface area contributed by atoms with Gasteiger partial charge in [0.05, 0.1) is 6.61 Å². The van der Waals surface area contributed by atoms with Crippen molar-refractivity contribution in [2.75, 3.05) is 13.2 Å². The lowest BCUT2D eigenvalue weighted by molar-refractivity contribution is -0.140. The van der Waals surface area contributed by atoms with Crippen molar-refractivity contribution in [3.05, 3.63) is 0 Å². The van der Waals surface area contributed by atoms with Gasteiger partial charge in [0.25, 0.3) is 0 Å². The Labute approximate surface area is 110 Å². The van der Waals surface area contributed by atoms with Gasteiger partial charge >= 0.3 is 0 Å². The predicted octanol–water partition coefficient (Wildman–Crippen LogP) is 2.47. The van der Waals surface area contributed by atoms with Gasteiger partial charge in [-0.25, -0.2) is 0 Å². The van der Waals surface area contributed by atoms with Gasteiger partial charge in [-0.2, -0.15) is 0 Å². The van der Waals surface area contributed by atoms with Crippen molar-refractivity contribution in [2.45, 2.75) is 65.3 Å². The van der Waals surface area contributed by atoms with Crippen LogP contribution in [-0.4, -0.2) is 30.9 Å². The molecule has 1 amide bonds. The molecule has 1 N–H and O–H groups in total. The van der Waals surface area contributed by atoms with Crippen LogP contribution in [0.15, 0.2) is 0 Å². The molecule has 4 heteroatoms. The predicted molar refractivity (Wildman–Crippen MR) is 71.2 cm³/mol. The summed E-state index contributed by atoms with van der Waals surface area (Å²) in [4.78, 5) is 12.0. The molecule has 0 bridgehead atoms. The second-order valence-electron chi connectivity index (χ2n) is 5.44. The summed E-state index contributed by atoms with van der Waals surface area (Å²) in [6.07, 6.45) is 4.11. The summed E-state index contributed by atoms with van der Waals surface area (Å²) in [6, 6.07) is 0. The van der Waals surface area contributed by atoms with Crippen LogP contribution in [0.3, 0.4) is 0 Å². The Bertz CT molecular complexity index is 266. The highest BCUT2D eigenvalue weighted by Gasteiger charge is 2.32. The first-order chi connectivity index (χ1) is 8.48. The summed E-state index contributed by atoms with van der Waals surface area (Å²) in [7, 11) is 0. The minimum Gasteiger partial charge on any atom is -0.353 e. The van der Waals surface area contributed by atoms with Crippen LogP contribution in [0.25, 0.3) is 0 Å². The molecule has 1 rings (SSSR count). The Hall–Kier alpha value is -0.610. The first kappa shape index (κ1) is 15.4. The van der Waals surface area contributed by atoms with Gasteiger partial charge in [0.1, 0.15) is 6.10 Å². The van der Waals surface area contributed by atoms with Crippen molar-refractivity contribution in [3.63, 3.8) is 0 Å². The third-order valence-corrected chi connectivity index (χ3v) is 3.34. The monoisotopic (exact) mass is 257 g/mol. The van der Waals surface area contributed by atoms with Crippen LogP contribution in [-0.2, 0) is 14.3 Å². The maximum atomic E-state index is 12.0. The van der Waals surface area contributed by atoms with Gasteiger partial charge in [0.15, 0.2) is 5.79 Å². The van der Waals surface area contributed by atoms with E-state index < -0.39 is 5.79 Å². The SMILES string of the molecule is CCCCC(CC)C(=O)NCC1COC(C)(C)O1. The lowest BCUT2D eigenvalue weighted by Gasteiger charge is -2.19. The Balaban J connectivity index is 2.27. The lowest BCUT2D eigenvalue weighted by atomic mass is 9.98. The number of rotatable bonds is 7. The quantitative estimate of drug-likeness (QED) is 0.762. The molecule has 0 spiro atoms. The number of carbonyl (C=O) groups excluding carboxylic acids is 1. The van der Waals surface area contributed by atoms with E-state index in [0.29, 0.717) is 13.2 Å². The van der Waals surface area contributed by atoms with E-state index in [1.165, 1.54) is 0 Å². The highest BCUT2D eigenvalue weighted by molar-refractivity contribution is 5.78. The van der Waals surface area contributed by atoms with Crippen molar-refractivity contribution >= 4 is 5.91 Å². The highest BCUT2D eigenvalue weighted by atomic mass is 16.7. The van der Waals surface area contributed by atoms with E-state index in [4.69, 9.17) is 9.47 Å². The highest BCUT2D eigenvalue weighted by Crippen LogP contribution is 2.21. The standard InChI is InChI=1S/C14H27NO3/c1-5-7-8-11(6-2)13(16)15-9-12-10-17-14(3,4)18-12/h11-12H,5-10H2,1-4H3,(H,15,16). The minimum atomic E-state index is -0.512. The number of amides is 1. The molecule has 1 aliphatic rings. The van der Waals surface area contributed by atoms with Crippen molar-refractivity contribution in [3.8, 4) is 0 Å². The van der Waals surface area contributed by atoms with Gasteiger partial charge in [-0.3, -0.25) is 4.79 Å². The minimum absolute atomic E-state index is 0.0207. The zero-order chi connectivity index (χ0) is 13.6. The molecule has 18 heavy (non-hydrogen) atoms. The first-order valence-corrected chi connectivity index (χ1v) is 7.08. The summed E-state index contributed by atoms with van der Waals surface area (Å²) in [5.74, 6) is -0.221. The van der Waals surface area contributed by atoms with Gasteiger partial charge in [-0.15, -0.1) is 0 Å². The van der Waals surface area contributed by atoms with Crippen LogP contribution in [0.5, 0.6) is 0 Å². The molecule has 1 saturated heterocycles. The molecule has 2 unspecified atom stereocenters. The zero-order valence-corrected chi connectivity index (χ0v) is 12.1. The van der Waals surface area contributed by atoms with Gasteiger partial charge in [0.2, 0.25) is 5.91 Å². The topological polar surface area (TPSA) is 47.6 Å². The second kappa shape index (κ2) is 7.10. The fourth-order valence-corrected chi connectivity index (χ4v) is 2.19. The largest absolute Gasteiger partial charge is 0.353 e. The smallest absolute Gasteiger partial charge is 0.223 e. The number of hydrogen-bond donors (Lipinski definition) is 1. The maximum absolute atomic E-state index is 12.0. The van der Waals surface area contributed by atoms with Crippen molar-refractivity contribution < 1.29 is 14.3 Å². The van der Waals surface area contributed by atoms with Gasteiger partial charge in [-0.1, -0.05) is 26.7 Å². The van der Waals surface area contributed by atoms with Gasteiger partial charge < -0.3 is 14.8 Å². The van der Waals surface area contributed by atoms with Crippen LogP contribution in [0.2, 0.25) is 0 Å². The molecule has 106 valence electrons. The third-order valence-electron chi connectivity index (χ3n) is 3.34. The van der Waals surface area contributed by atoms with Crippen LogP contribution < -0.4 is 5.32 Å². The molecule has 0 radical (unpaired) electrons. The van der Waals surface area contributed by atoms with Crippen LogP contribution in [0.1, 0.15) is 53.4 Å². The first-order valence-electron chi connectivity index (χ1n) is 7.08. The molecule has 1 aliphatic heterocycles. The summed E-state index contributed by atoms with van der Waals surface area (Å²) in [6.45, 7) is 9.11. The van der Waals surface area contributed by atoms with Crippen LogP contribution >= 0.6 is 0 Å². The van der Waals surface area contributed by atoms with E-state index in [2.05, 4.69) is 19.2 Å². The zero-order valence-electron chi connectivity index (χ0n) is 12.1. The van der Waals surface area contributed by atoms with E-state index >= 15 is 0 Å². The molecule has 4 nitrogen and oxygen atoms in total. The van der Waals surface area contributed by atoms with Crippen LogP contribution in [0.4, 0.5) is 0 Å². The number of unbranched alkanes of at least 4 members (excludes halogenated alkanes) is 1. The van der Waals surface area contributed by atoms with Crippen LogP contribution in [0, 0.1) is 5.92 Å². The van der Waals surface area contributed by atoms with Crippen molar-refractivity contribution in [1.29, 1.82) is 0 Å². The van der Waals surface area contributed by atoms with Gasteiger partial charge in [0, 0.05) is 12.5 Å². The molecule has 0 aliphatic carbocycles. The fraction of sp³-hybridized carbons (Fsp3) is 0.929. The van der Waals surface area contributed by atoms with Gasteiger partial charge in [-0.05, 0) is 26.7 Å². The Morgan fingerprint density at radius 2 is 2.17 bits per heavy atom. The Morgan fingerprint density at radius 1 is 1.44 bits per heavy atom. The summed E-state index contributed by atoms with van der Waals surface area (Å²) in [5, 5.41) is 2.98. The molecular formula is C14H27NO3. The van der Waals surface area contributed by atoms with E-state index in [1.54, 1.807) is 0 Å². The van der Waals surface area contributed by atoms with Crippen molar-refractivity contribution in [2.24, 2.45) is 5.92 Å². The van der Waals surface area contributed by atoms with E-state index in [1.807, 2.05) is 13.8 Å². The number of nitrogens with one attached hydrogen (secondary N) is 1. The molecule has 0 aromatic heterocycles. The van der Waals surface area contributed by atoms with Crippen molar-refractivity contribution in [1.82, 2.24) is 5.32 Å². The second-order valence-corrected chi connectivity index (χ2v) is 5.44. The maximum Gasteiger partial charge on any atom is 0.223 e. The fourth-order valence-electron chi connectivity index (χ4n) is 2.19. The normalized spacial score (nSPS) is 23.9. The van der Waals surface area contributed by atoms with E-state index in [-0.39, 0.29) is 17.9 Å². The summed E-state index contributed by atoms with van der Waals surface area (Å²) in [5.41, 5.74) is 0.